The molecule has 0 aromatic heterocycles. The van der Waals surface area contributed by atoms with Crippen molar-refractivity contribution >= 4 is 21.4 Å². The first-order valence-corrected chi connectivity index (χ1v) is 7.87. The Bertz CT molecular complexity index is 640. The van der Waals surface area contributed by atoms with Crippen molar-refractivity contribution in [2.45, 2.75) is 29.9 Å². The van der Waals surface area contributed by atoms with Gasteiger partial charge in [0, 0.05) is 20.2 Å². The van der Waals surface area contributed by atoms with Crippen molar-refractivity contribution < 1.29 is 18.1 Å². The van der Waals surface area contributed by atoms with E-state index >= 15 is 0 Å². The smallest absolute Gasteiger partial charge is 0.312 e. The molecule has 1 aromatic rings. The molecular formula is C12H17N3O5S. The monoisotopic (exact) mass is 315 g/mol. The van der Waals surface area contributed by atoms with Crippen LogP contribution in [0.1, 0.15) is 12.8 Å². The topological polar surface area (TPSA) is 111 Å². The Hall–Kier alpha value is -1.71. The fourth-order valence-electron chi connectivity index (χ4n) is 2.27. The zero-order valence-corrected chi connectivity index (χ0v) is 12.5. The van der Waals surface area contributed by atoms with E-state index in [0.717, 1.165) is 0 Å². The Morgan fingerprint density at radius 2 is 2.05 bits per heavy atom. The summed E-state index contributed by atoms with van der Waals surface area (Å²) in [6, 6.07) is 3.90. The van der Waals surface area contributed by atoms with Gasteiger partial charge in [-0.2, -0.15) is 0 Å². The third-order valence-electron chi connectivity index (χ3n) is 3.49. The number of methoxy groups -OCH3 is 1. The second-order valence-electron chi connectivity index (χ2n) is 4.81. The van der Waals surface area contributed by atoms with E-state index in [1.165, 1.54) is 25.2 Å². The van der Waals surface area contributed by atoms with Crippen molar-refractivity contribution in [2.75, 3.05) is 19.5 Å². The average Bonchev–Trinajstić information content (AvgIpc) is 2.41. The second kappa shape index (κ2) is 5.96. The van der Waals surface area contributed by atoms with Crippen LogP contribution in [0, 0.1) is 10.1 Å². The molecule has 0 bridgehead atoms. The molecule has 2 rings (SSSR count). The van der Waals surface area contributed by atoms with Crippen LogP contribution in [-0.2, 0) is 14.8 Å². The highest BCUT2D eigenvalue weighted by molar-refractivity contribution is 7.89. The first kappa shape index (κ1) is 15.7. The lowest BCUT2D eigenvalue weighted by atomic mass is 9.90. The molecule has 2 N–H and O–H groups in total. The molecule has 0 heterocycles. The fraction of sp³-hybridized carbons (Fsp3) is 0.500. The minimum atomic E-state index is -3.95. The van der Waals surface area contributed by atoms with Crippen molar-refractivity contribution in [1.29, 1.82) is 0 Å². The molecule has 1 aliphatic carbocycles. The van der Waals surface area contributed by atoms with Gasteiger partial charge in [-0.15, -0.1) is 0 Å². The molecule has 0 saturated heterocycles. The molecule has 1 aromatic carbocycles. The molecule has 0 amide bonds. The highest BCUT2D eigenvalue weighted by Crippen LogP contribution is 2.33. The second-order valence-corrected chi connectivity index (χ2v) is 6.49. The molecule has 1 saturated carbocycles. The fourth-order valence-corrected chi connectivity index (χ4v) is 3.72. The summed E-state index contributed by atoms with van der Waals surface area (Å²) in [5, 5.41) is 13.8. The van der Waals surface area contributed by atoms with Crippen molar-refractivity contribution in [3.63, 3.8) is 0 Å². The third-order valence-corrected chi connectivity index (χ3v) is 5.04. The minimum absolute atomic E-state index is 0.0383. The lowest BCUT2D eigenvalue weighted by molar-refractivity contribution is -0.386. The highest BCUT2D eigenvalue weighted by Gasteiger charge is 2.35. The van der Waals surface area contributed by atoms with Crippen molar-refractivity contribution in [1.82, 2.24) is 4.72 Å². The summed E-state index contributed by atoms with van der Waals surface area (Å²) in [4.78, 5) is 10.1. The van der Waals surface area contributed by atoms with Crippen LogP contribution in [0.25, 0.3) is 0 Å². The number of ether oxygens (including phenoxy) is 1. The van der Waals surface area contributed by atoms with Gasteiger partial charge in [0.2, 0.25) is 10.0 Å². The van der Waals surface area contributed by atoms with E-state index in [4.69, 9.17) is 4.74 Å². The number of anilines is 1. The Balaban J connectivity index is 2.30. The zero-order chi connectivity index (χ0) is 15.6. The first-order chi connectivity index (χ1) is 9.89. The summed E-state index contributed by atoms with van der Waals surface area (Å²) >= 11 is 0. The number of nitro groups is 1. The van der Waals surface area contributed by atoms with Crippen LogP contribution in [0.2, 0.25) is 0 Å². The summed E-state index contributed by atoms with van der Waals surface area (Å²) in [6.07, 6.45) is 1.17. The molecule has 0 radical (unpaired) electrons. The Morgan fingerprint density at radius 3 is 2.57 bits per heavy atom. The van der Waals surface area contributed by atoms with Crippen molar-refractivity contribution in [3.05, 3.63) is 28.3 Å². The standard InChI is InChI=1S/C12H17N3O5S/c1-13-10-4-3-5-11(12(10)15(16)17)21(18,19)14-8-6-9(7-8)20-2/h3-5,8-9,13-14H,6-7H2,1-2H3. The molecule has 21 heavy (non-hydrogen) atoms. The van der Waals surface area contributed by atoms with Crippen LogP contribution >= 0.6 is 0 Å². The number of nitro benzene ring substituents is 1. The van der Waals surface area contributed by atoms with Gasteiger partial charge in [0.15, 0.2) is 4.90 Å². The molecule has 9 heteroatoms. The quantitative estimate of drug-likeness (QED) is 0.600. The number of nitrogens with one attached hydrogen (secondary N) is 2. The maximum Gasteiger partial charge on any atom is 0.312 e. The van der Waals surface area contributed by atoms with Crippen LogP contribution in [0.15, 0.2) is 23.1 Å². The van der Waals surface area contributed by atoms with Crippen LogP contribution in [0.3, 0.4) is 0 Å². The summed E-state index contributed by atoms with van der Waals surface area (Å²) < 4.78 is 32.2. The number of para-hydroxylation sites is 1. The van der Waals surface area contributed by atoms with Gasteiger partial charge in [-0.05, 0) is 25.0 Å². The van der Waals surface area contributed by atoms with Gasteiger partial charge < -0.3 is 10.1 Å². The first-order valence-electron chi connectivity index (χ1n) is 6.39. The Morgan fingerprint density at radius 1 is 1.38 bits per heavy atom. The molecule has 0 aliphatic heterocycles. The van der Waals surface area contributed by atoms with E-state index in [9.17, 15) is 18.5 Å². The van der Waals surface area contributed by atoms with Gasteiger partial charge in [-0.1, -0.05) is 6.07 Å². The molecule has 0 spiro atoms. The van der Waals surface area contributed by atoms with E-state index in [-0.39, 0.29) is 22.7 Å². The molecular weight excluding hydrogens is 298 g/mol. The molecule has 0 unspecified atom stereocenters. The number of hydrogen-bond donors (Lipinski definition) is 2. The minimum Gasteiger partial charge on any atom is -0.383 e. The predicted molar refractivity (Wildman–Crippen MR) is 76.8 cm³/mol. The lowest BCUT2D eigenvalue weighted by Crippen LogP contribution is -2.47. The van der Waals surface area contributed by atoms with E-state index in [1.54, 1.807) is 7.11 Å². The normalized spacial score (nSPS) is 21.6. The van der Waals surface area contributed by atoms with Gasteiger partial charge in [0.25, 0.3) is 0 Å². The number of nitrogens with zero attached hydrogens (tertiary/aromatic N) is 1. The lowest BCUT2D eigenvalue weighted by Gasteiger charge is -2.34. The highest BCUT2D eigenvalue weighted by atomic mass is 32.2. The van der Waals surface area contributed by atoms with Crippen LogP contribution in [0.4, 0.5) is 11.4 Å². The number of hydrogen-bond acceptors (Lipinski definition) is 6. The van der Waals surface area contributed by atoms with E-state index in [1.807, 2.05) is 0 Å². The van der Waals surface area contributed by atoms with Crippen LogP contribution in [-0.4, -0.2) is 39.6 Å². The molecule has 1 aliphatic rings. The molecule has 8 nitrogen and oxygen atoms in total. The Kier molecular flexibility index (Phi) is 4.45. The van der Waals surface area contributed by atoms with Crippen molar-refractivity contribution in [2.24, 2.45) is 0 Å². The Labute approximate surface area is 122 Å². The van der Waals surface area contributed by atoms with E-state index in [0.29, 0.717) is 12.8 Å². The maximum absolute atomic E-state index is 12.3. The summed E-state index contributed by atoms with van der Waals surface area (Å²) in [6.45, 7) is 0. The summed E-state index contributed by atoms with van der Waals surface area (Å²) in [5.41, 5.74) is -0.290. The largest absolute Gasteiger partial charge is 0.383 e. The number of rotatable bonds is 6. The maximum atomic E-state index is 12.3. The average molecular weight is 315 g/mol. The third kappa shape index (κ3) is 3.14. The van der Waals surface area contributed by atoms with Gasteiger partial charge in [0.05, 0.1) is 11.0 Å². The number of benzene rings is 1. The molecule has 116 valence electrons. The van der Waals surface area contributed by atoms with Gasteiger partial charge in [-0.3, -0.25) is 10.1 Å². The predicted octanol–water partition coefficient (Wildman–Crippen LogP) is 1.09. The van der Waals surface area contributed by atoms with Gasteiger partial charge in [-0.25, -0.2) is 13.1 Å². The summed E-state index contributed by atoms with van der Waals surface area (Å²) in [5.74, 6) is 0. The number of sulfonamides is 1. The molecule has 0 atom stereocenters. The van der Waals surface area contributed by atoms with E-state index < -0.39 is 20.6 Å². The van der Waals surface area contributed by atoms with Gasteiger partial charge in [0.1, 0.15) is 5.69 Å². The zero-order valence-electron chi connectivity index (χ0n) is 11.7. The SMILES string of the molecule is CNc1cccc(S(=O)(=O)NC2CC(OC)C2)c1[N+](=O)[O-]. The van der Waals surface area contributed by atoms with Gasteiger partial charge >= 0.3 is 5.69 Å². The van der Waals surface area contributed by atoms with E-state index in [2.05, 4.69) is 10.0 Å². The molecule has 1 fully saturated rings. The van der Waals surface area contributed by atoms with Crippen LogP contribution < -0.4 is 10.0 Å². The van der Waals surface area contributed by atoms with Crippen LogP contribution in [0.5, 0.6) is 0 Å². The van der Waals surface area contributed by atoms with Crippen molar-refractivity contribution in [3.8, 4) is 0 Å². The summed E-state index contributed by atoms with van der Waals surface area (Å²) in [7, 11) is -0.880.